The van der Waals surface area contributed by atoms with Crippen LogP contribution in [0.4, 0.5) is 5.69 Å². The number of anilines is 1. The molecule has 0 saturated heterocycles. The summed E-state index contributed by atoms with van der Waals surface area (Å²) in [5, 5.41) is 0. The third-order valence-electron chi connectivity index (χ3n) is 4.85. The number of aliphatic imine (C=N–C) groups is 1. The zero-order valence-electron chi connectivity index (χ0n) is 17.0. The van der Waals surface area contributed by atoms with Crippen LogP contribution >= 0.6 is 0 Å². The van der Waals surface area contributed by atoms with E-state index in [1.807, 2.05) is 13.1 Å². The number of hydrogen-bond acceptors (Lipinski definition) is 2. The third kappa shape index (κ3) is 4.58. The van der Waals surface area contributed by atoms with Crippen LogP contribution in [0.15, 0.2) is 90.1 Å². The fourth-order valence-electron chi connectivity index (χ4n) is 3.36. The Kier molecular flexibility index (Phi) is 6.80. The molecule has 1 heterocycles. The third-order valence-corrected chi connectivity index (χ3v) is 4.85. The highest BCUT2D eigenvalue weighted by atomic mass is 15.1. The molecule has 0 unspecified atom stereocenters. The molecule has 28 heavy (non-hydrogen) atoms. The van der Waals surface area contributed by atoms with Crippen molar-refractivity contribution in [3.63, 3.8) is 0 Å². The molecule has 0 atom stereocenters. The molecule has 3 rings (SSSR count). The maximum absolute atomic E-state index is 4.34. The van der Waals surface area contributed by atoms with Crippen LogP contribution in [0.3, 0.4) is 0 Å². The van der Waals surface area contributed by atoms with Crippen LogP contribution in [-0.2, 0) is 0 Å². The fraction of sp³-hybridized carbons (Fsp3) is 0.192. The van der Waals surface area contributed by atoms with Gasteiger partial charge in [-0.2, -0.15) is 0 Å². The van der Waals surface area contributed by atoms with Gasteiger partial charge in [0, 0.05) is 36.8 Å². The average Bonchev–Trinajstić information content (AvgIpc) is 2.73. The number of allylic oxidation sites excluding steroid dienone is 7. The molecule has 0 aromatic heterocycles. The summed E-state index contributed by atoms with van der Waals surface area (Å²) in [6.45, 7) is 8.12. The summed E-state index contributed by atoms with van der Waals surface area (Å²) in [7, 11) is 0. The molecule has 0 N–H and O–H groups in total. The average molecular weight is 369 g/mol. The Bertz CT molecular complexity index is 958. The molecule has 0 amide bonds. The maximum Gasteiger partial charge on any atom is 0.0485 e. The molecule has 0 radical (unpaired) electrons. The predicted molar refractivity (Wildman–Crippen MR) is 124 cm³/mol. The topological polar surface area (TPSA) is 15.6 Å². The molecule has 142 valence electrons. The van der Waals surface area contributed by atoms with Crippen molar-refractivity contribution in [2.75, 3.05) is 18.0 Å². The van der Waals surface area contributed by atoms with Gasteiger partial charge in [-0.25, -0.2) is 0 Å². The number of benzene rings is 2. The number of fused-ring (bicyclic) bond motifs is 1. The van der Waals surface area contributed by atoms with Gasteiger partial charge in [0.1, 0.15) is 0 Å². The summed E-state index contributed by atoms with van der Waals surface area (Å²) in [5.74, 6) is 0. The summed E-state index contributed by atoms with van der Waals surface area (Å²) >= 11 is 0. The van der Waals surface area contributed by atoms with E-state index in [0.717, 1.165) is 18.7 Å². The molecule has 0 fully saturated rings. The van der Waals surface area contributed by atoms with Gasteiger partial charge in [0.15, 0.2) is 0 Å². The molecule has 0 aliphatic carbocycles. The zero-order chi connectivity index (χ0) is 19.8. The second kappa shape index (κ2) is 9.70. The van der Waals surface area contributed by atoms with E-state index in [1.165, 1.54) is 28.0 Å². The highest BCUT2D eigenvalue weighted by Gasteiger charge is 2.13. The van der Waals surface area contributed by atoms with Gasteiger partial charge in [-0.15, -0.1) is 0 Å². The van der Waals surface area contributed by atoms with Crippen LogP contribution in [0.5, 0.6) is 0 Å². The molecule has 1 aliphatic heterocycles. The highest BCUT2D eigenvalue weighted by Crippen LogP contribution is 2.32. The van der Waals surface area contributed by atoms with Gasteiger partial charge in [-0.3, -0.25) is 4.99 Å². The Labute approximate surface area is 168 Å². The highest BCUT2D eigenvalue weighted by molar-refractivity contribution is 5.90. The van der Waals surface area contributed by atoms with Crippen LogP contribution in [0.2, 0.25) is 0 Å². The quantitative estimate of drug-likeness (QED) is 0.422. The van der Waals surface area contributed by atoms with Crippen LogP contribution in [0.25, 0.3) is 11.1 Å². The second-order valence-corrected chi connectivity index (χ2v) is 6.68. The molecule has 1 aliphatic rings. The lowest BCUT2D eigenvalue weighted by molar-refractivity contribution is 1.01. The van der Waals surface area contributed by atoms with Gasteiger partial charge in [0.05, 0.1) is 0 Å². The number of nitrogens with zero attached hydrogens (tertiary/aromatic N) is 2. The van der Waals surface area contributed by atoms with Gasteiger partial charge in [-0.1, -0.05) is 60.7 Å². The van der Waals surface area contributed by atoms with Crippen LogP contribution in [-0.4, -0.2) is 19.3 Å². The standard InChI is InChI=1S/C26H28N2/c1-4-27-19-17-22(24-14-7-6-11-21(24)3)12-10-13-23-18-20-28(5-2)26-16-9-8-15-25(23)26/h6-20H,4-5H2,1-3H3/b12-10-,22-17-,23-13+,27-19?. The van der Waals surface area contributed by atoms with Crippen molar-refractivity contribution in [2.45, 2.75) is 20.8 Å². The first-order valence-electron chi connectivity index (χ1n) is 9.93. The summed E-state index contributed by atoms with van der Waals surface area (Å²) in [5.41, 5.74) is 7.41. The fourth-order valence-corrected chi connectivity index (χ4v) is 3.36. The van der Waals surface area contributed by atoms with E-state index in [0.29, 0.717) is 0 Å². The van der Waals surface area contributed by atoms with Crippen molar-refractivity contribution in [1.29, 1.82) is 0 Å². The first kappa shape index (κ1) is 19.6. The summed E-state index contributed by atoms with van der Waals surface area (Å²) in [4.78, 5) is 6.62. The second-order valence-electron chi connectivity index (χ2n) is 6.68. The Morgan fingerprint density at radius 2 is 1.82 bits per heavy atom. The lowest BCUT2D eigenvalue weighted by Crippen LogP contribution is -2.18. The summed E-state index contributed by atoms with van der Waals surface area (Å²) < 4.78 is 0. The predicted octanol–water partition coefficient (Wildman–Crippen LogP) is 6.46. The SMILES string of the molecule is CCN=C/C=C(/C=C\C=C1/C=CN(CC)c2ccccc21)c1ccccc1C. The maximum atomic E-state index is 4.34. The minimum atomic E-state index is 0.792. The van der Waals surface area contributed by atoms with E-state index in [9.17, 15) is 0 Å². The van der Waals surface area contributed by atoms with Crippen LogP contribution in [0, 0.1) is 6.92 Å². The van der Waals surface area contributed by atoms with E-state index in [1.54, 1.807) is 0 Å². The van der Waals surface area contributed by atoms with Crippen molar-refractivity contribution in [3.8, 4) is 0 Å². The number of aryl methyl sites for hydroxylation is 1. The van der Waals surface area contributed by atoms with Crippen molar-refractivity contribution in [1.82, 2.24) is 0 Å². The normalized spacial score (nSPS) is 15.8. The summed E-state index contributed by atoms with van der Waals surface area (Å²) in [6, 6.07) is 17.0. The van der Waals surface area contributed by atoms with Crippen molar-refractivity contribution in [3.05, 3.63) is 102 Å². The Balaban J connectivity index is 1.93. The largest absolute Gasteiger partial charge is 0.348 e. The molecule has 2 nitrogen and oxygen atoms in total. The van der Waals surface area contributed by atoms with Crippen LogP contribution in [0.1, 0.15) is 30.5 Å². The monoisotopic (exact) mass is 368 g/mol. The molecule has 0 saturated carbocycles. The van der Waals surface area contributed by atoms with Gasteiger partial charge in [0.2, 0.25) is 0 Å². The Morgan fingerprint density at radius 1 is 1.04 bits per heavy atom. The van der Waals surface area contributed by atoms with E-state index < -0.39 is 0 Å². The minimum Gasteiger partial charge on any atom is -0.348 e. The van der Waals surface area contributed by atoms with Gasteiger partial charge in [-0.05, 0) is 61.3 Å². The van der Waals surface area contributed by atoms with Gasteiger partial charge >= 0.3 is 0 Å². The molecule has 0 bridgehead atoms. The lowest BCUT2D eigenvalue weighted by Gasteiger charge is -2.26. The Hall–Kier alpha value is -3.13. The minimum absolute atomic E-state index is 0.792. The van der Waals surface area contributed by atoms with Gasteiger partial charge in [0.25, 0.3) is 0 Å². The van der Waals surface area contributed by atoms with E-state index in [-0.39, 0.29) is 0 Å². The zero-order valence-corrected chi connectivity index (χ0v) is 17.0. The summed E-state index contributed by atoms with van der Waals surface area (Å²) in [6.07, 6.45) is 14.8. The van der Waals surface area contributed by atoms with E-state index >= 15 is 0 Å². The molecule has 0 spiro atoms. The number of rotatable bonds is 6. The first-order valence-corrected chi connectivity index (χ1v) is 9.93. The number of hydrogen-bond donors (Lipinski definition) is 0. The van der Waals surface area contributed by atoms with Gasteiger partial charge < -0.3 is 4.90 Å². The smallest absolute Gasteiger partial charge is 0.0485 e. The molecule has 2 heteroatoms. The molecular weight excluding hydrogens is 340 g/mol. The van der Waals surface area contributed by atoms with Crippen molar-refractivity contribution >= 4 is 23.0 Å². The van der Waals surface area contributed by atoms with Crippen molar-refractivity contribution in [2.24, 2.45) is 4.99 Å². The molecular formula is C26H28N2. The lowest BCUT2D eigenvalue weighted by atomic mass is 9.98. The first-order chi connectivity index (χ1) is 13.7. The van der Waals surface area contributed by atoms with Crippen molar-refractivity contribution < 1.29 is 0 Å². The Morgan fingerprint density at radius 3 is 2.61 bits per heavy atom. The van der Waals surface area contributed by atoms with E-state index in [2.05, 4.69) is 109 Å². The molecule has 2 aromatic rings. The molecule has 2 aromatic carbocycles. The van der Waals surface area contributed by atoms with E-state index in [4.69, 9.17) is 0 Å². The van der Waals surface area contributed by atoms with Crippen LogP contribution < -0.4 is 4.90 Å². The number of para-hydroxylation sites is 1.